The number of carbonyl (C=O) groups excluding carboxylic acids is 1. The molecule has 0 fully saturated rings. The predicted octanol–water partition coefficient (Wildman–Crippen LogP) is 4.07. The highest BCUT2D eigenvalue weighted by Gasteiger charge is 2.12. The molecule has 1 amide bonds. The molecule has 2 rings (SSSR count). The van der Waals surface area contributed by atoms with E-state index in [1.807, 2.05) is 32.2 Å². The van der Waals surface area contributed by atoms with Crippen LogP contribution in [-0.4, -0.2) is 17.5 Å². The summed E-state index contributed by atoms with van der Waals surface area (Å²) in [6, 6.07) is 7.15. The van der Waals surface area contributed by atoms with Crippen LogP contribution in [0.2, 0.25) is 0 Å². The van der Waals surface area contributed by atoms with Crippen molar-refractivity contribution in [2.75, 3.05) is 11.9 Å². The van der Waals surface area contributed by atoms with Crippen molar-refractivity contribution in [3.8, 4) is 5.75 Å². The minimum Gasteiger partial charge on any atom is -0.493 e. The first kappa shape index (κ1) is 15.2. The third-order valence-electron chi connectivity index (χ3n) is 2.08. The molecule has 0 unspecified atom stereocenters. The van der Waals surface area contributed by atoms with Gasteiger partial charge in [-0.25, -0.2) is 4.98 Å². The lowest BCUT2D eigenvalue weighted by atomic mass is 10.2. The van der Waals surface area contributed by atoms with Gasteiger partial charge in [-0.2, -0.15) is 0 Å². The van der Waals surface area contributed by atoms with E-state index in [9.17, 15) is 4.79 Å². The molecular weight excluding hydrogens is 260 g/mol. The Bertz CT molecular complexity index is 504. The molecule has 5 heteroatoms. The second kappa shape index (κ2) is 8.26. The number of aromatic nitrogens is 1. The molecule has 0 saturated carbocycles. The minimum absolute atomic E-state index is 0. The maximum absolute atomic E-state index is 12.0. The Kier molecular flexibility index (Phi) is 6.60. The largest absolute Gasteiger partial charge is 0.493 e. The first-order valence-corrected chi connectivity index (χ1v) is 7.12. The van der Waals surface area contributed by atoms with Gasteiger partial charge in [0.1, 0.15) is 5.75 Å². The number of hydrogen-bond acceptors (Lipinski definition) is 4. The molecular formula is C14H20N2O2S. The number of thiazole rings is 1. The van der Waals surface area contributed by atoms with Gasteiger partial charge < -0.3 is 4.74 Å². The molecule has 1 aromatic carbocycles. The van der Waals surface area contributed by atoms with Crippen LogP contribution < -0.4 is 10.1 Å². The van der Waals surface area contributed by atoms with Crippen LogP contribution in [-0.2, 0) is 0 Å². The van der Waals surface area contributed by atoms with Crippen LogP contribution in [0.1, 0.15) is 32.6 Å². The molecule has 0 aliphatic carbocycles. The Morgan fingerprint density at radius 3 is 2.79 bits per heavy atom. The van der Waals surface area contributed by atoms with Gasteiger partial charge in [0.25, 0.3) is 5.91 Å². The Balaban J connectivity index is 0.00000115. The summed E-state index contributed by atoms with van der Waals surface area (Å²) in [5.74, 6) is 0.382. The first-order valence-electron chi connectivity index (χ1n) is 6.24. The maximum Gasteiger partial charge on any atom is 0.261 e. The van der Waals surface area contributed by atoms with E-state index in [0.717, 1.165) is 0 Å². The number of rotatable bonds is 4. The fourth-order valence-corrected chi connectivity index (χ4v) is 1.91. The summed E-state index contributed by atoms with van der Waals surface area (Å²) in [5.41, 5.74) is 0.518. The summed E-state index contributed by atoms with van der Waals surface area (Å²) in [4.78, 5) is 16.0. The van der Waals surface area contributed by atoms with E-state index in [4.69, 9.17) is 4.74 Å². The van der Waals surface area contributed by atoms with E-state index in [1.54, 1.807) is 24.4 Å². The second-order valence-corrected chi connectivity index (χ2v) is 4.12. The van der Waals surface area contributed by atoms with E-state index >= 15 is 0 Å². The average molecular weight is 280 g/mol. The highest BCUT2D eigenvalue weighted by atomic mass is 32.1. The van der Waals surface area contributed by atoms with Crippen molar-refractivity contribution in [2.45, 2.75) is 20.8 Å². The van der Waals surface area contributed by atoms with Gasteiger partial charge in [0, 0.05) is 13.0 Å². The summed E-state index contributed by atoms with van der Waals surface area (Å²) in [6.45, 7) is 6.41. The van der Waals surface area contributed by atoms with Gasteiger partial charge in [0.05, 0.1) is 12.2 Å². The van der Waals surface area contributed by atoms with Crippen LogP contribution in [0.5, 0.6) is 5.75 Å². The van der Waals surface area contributed by atoms with Crippen LogP contribution in [0, 0.1) is 0 Å². The summed E-state index contributed by atoms with van der Waals surface area (Å²) >= 11 is 1.38. The van der Waals surface area contributed by atoms with Gasteiger partial charge in [-0.3, -0.25) is 10.1 Å². The molecule has 19 heavy (non-hydrogen) atoms. The molecule has 1 heterocycles. The Morgan fingerprint density at radius 2 is 2.16 bits per heavy atom. The van der Waals surface area contributed by atoms with Crippen molar-refractivity contribution in [1.82, 2.24) is 4.98 Å². The van der Waals surface area contributed by atoms with E-state index in [0.29, 0.717) is 23.1 Å². The van der Waals surface area contributed by atoms with Crippen molar-refractivity contribution in [2.24, 2.45) is 0 Å². The van der Waals surface area contributed by atoms with Crippen molar-refractivity contribution in [3.05, 3.63) is 41.4 Å². The van der Waals surface area contributed by atoms with Gasteiger partial charge in [-0.1, -0.05) is 26.0 Å². The van der Waals surface area contributed by atoms with Gasteiger partial charge in [-0.15, -0.1) is 11.3 Å². The summed E-state index contributed by atoms with van der Waals surface area (Å²) in [7, 11) is 0. The summed E-state index contributed by atoms with van der Waals surface area (Å²) in [5, 5.41) is 5.12. The van der Waals surface area contributed by atoms with Crippen molar-refractivity contribution >= 4 is 22.4 Å². The fraction of sp³-hybridized carbons (Fsp3) is 0.286. The number of amides is 1. The molecule has 0 saturated heterocycles. The van der Waals surface area contributed by atoms with Gasteiger partial charge in [-0.05, 0) is 19.1 Å². The molecule has 0 spiro atoms. The van der Waals surface area contributed by atoms with E-state index < -0.39 is 0 Å². The number of nitrogens with one attached hydrogen (secondary N) is 1. The number of benzene rings is 1. The molecule has 1 N–H and O–H groups in total. The quantitative estimate of drug-likeness (QED) is 0.918. The lowest BCUT2D eigenvalue weighted by Gasteiger charge is -2.08. The number of nitrogens with zero attached hydrogens (tertiary/aromatic N) is 1. The number of anilines is 1. The van der Waals surface area contributed by atoms with Crippen molar-refractivity contribution in [1.29, 1.82) is 0 Å². The van der Waals surface area contributed by atoms with E-state index in [2.05, 4.69) is 10.3 Å². The van der Waals surface area contributed by atoms with Crippen LogP contribution in [0.25, 0.3) is 0 Å². The molecule has 0 aliphatic rings. The zero-order valence-corrected chi connectivity index (χ0v) is 12.2. The van der Waals surface area contributed by atoms with Gasteiger partial charge in [0.2, 0.25) is 0 Å². The third-order valence-corrected chi connectivity index (χ3v) is 2.77. The van der Waals surface area contributed by atoms with Crippen molar-refractivity contribution in [3.63, 3.8) is 0 Å². The highest BCUT2D eigenvalue weighted by Crippen LogP contribution is 2.20. The third kappa shape index (κ3) is 4.37. The second-order valence-electron chi connectivity index (χ2n) is 3.22. The maximum atomic E-state index is 12.0. The average Bonchev–Trinajstić information content (AvgIpc) is 2.95. The molecule has 2 aromatic rings. The topological polar surface area (TPSA) is 51.2 Å². The zero-order valence-electron chi connectivity index (χ0n) is 11.3. The lowest BCUT2D eigenvalue weighted by Crippen LogP contribution is -2.13. The first-order chi connectivity index (χ1) is 9.31. The fourth-order valence-electron chi connectivity index (χ4n) is 1.39. The predicted molar refractivity (Wildman–Crippen MR) is 81.1 cm³/mol. The molecule has 0 aliphatic heterocycles. The van der Waals surface area contributed by atoms with Gasteiger partial charge in [0.15, 0.2) is 5.13 Å². The standard InChI is InChI=1S/C12H12N2O2S.C2H6.H2/c1-2-16-10-6-4-3-5-9(10)11(15)14-12-13-7-8-17-12;1-2;/h3-8H,2H2,1H3,(H,13,14,15);1-2H3;1H. The molecule has 0 atom stereocenters. The van der Waals surface area contributed by atoms with Crippen LogP contribution in [0.4, 0.5) is 5.13 Å². The van der Waals surface area contributed by atoms with Crippen LogP contribution in [0.15, 0.2) is 35.8 Å². The normalized spacial score (nSPS) is 9.21. The molecule has 4 nitrogen and oxygen atoms in total. The van der Waals surface area contributed by atoms with Crippen LogP contribution in [0.3, 0.4) is 0 Å². The van der Waals surface area contributed by atoms with Gasteiger partial charge >= 0.3 is 0 Å². The molecule has 1 aromatic heterocycles. The number of carbonyl (C=O) groups is 1. The van der Waals surface area contributed by atoms with Crippen LogP contribution >= 0.6 is 11.3 Å². The Hall–Kier alpha value is -1.88. The summed E-state index contributed by atoms with van der Waals surface area (Å²) < 4.78 is 5.40. The number of para-hydroxylation sites is 1. The Morgan fingerprint density at radius 1 is 1.42 bits per heavy atom. The SMILES string of the molecule is CC.CCOc1ccccc1C(=O)Nc1nccs1.[HH]. The Labute approximate surface area is 118 Å². The highest BCUT2D eigenvalue weighted by molar-refractivity contribution is 7.13. The number of ether oxygens (including phenoxy) is 1. The smallest absolute Gasteiger partial charge is 0.261 e. The lowest BCUT2D eigenvalue weighted by molar-refractivity contribution is 0.102. The van der Waals surface area contributed by atoms with Crippen molar-refractivity contribution < 1.29 is 11.0 Å². The molecule has 104 valence electrons. The minimum atomic E-state index is -0.205. The summed E-state index contributed by atoms with van der Waals surface area (Å²) in [6.07, 6.45) is 1.65. The zero-order chi connectivity index (χ0) is 14.1. The van der Waals surface area contributed by atoms with E-state index in [-0.39, 0.29) is 7.33 Å². The van der Waals surface area contributed by atoms with E-state index in [1.165, 1.54) is 11.3 Å². The molecule has 0 bridgehead atoms. The monoisotopic (exact) mass is 280 g/mol. The molecule has 0 radical (unpaired) electrons. The number of hydrogen-bond donors (Lipinski definition) is 1.